The van der Waals surface area contributed by atoms with E-state index in [-0.39, 0.29) is 5.82 Å². The molecule has 0 saturated heterocycles. The number of amides is 1. The lowest BCUT2D eigenvalue weighted by Gasteiger charge is -2.05. The first-order valence-electron chi connectivity index (χ1n) is 6.31. The molecule has 1 amide bonds. The van der Waals surface area contributed by atoms with E-state index >= 15 is 0 Å². The lowest BCUT2D eigenvalue weighted by atomic mass is 10.1. The van der Waals surface area contributed by atoms with E-state index in [0.717, 1.165) is 5.69 Å². The third-order valence-corrected chi connectivity index (χ3v) is 4.39. The largest absolute Gasteiger partial charge is 0.289 e. The maximum atomic E-state index is 14.1. The molecule has 0 radical (unpaired) electrons. The summed E-state index contributed by atoms with van der Waals surface area (Å²) >= 11 is 1.22. The van der Waals surface area contributed by atoms with Crippen LogP contribution in [0.15, 0.2) is 30.5 Å². The molecule has 0 fully saturated rings. The topological polar surface area (TPSA) is 72.9 Å². The number of nitrogens with one attached hydrogen (secondary N) is 1. The highest BCUT2D eigenvalue weighted by Gasteiger charge is 2.20. The molecule has 108 valence electrons. The molecule has 3 N–H and O–H groups in total. The molecular weight excluding hydrogens is 291 g/mol. The van der Waals surface area contributed by atoms with Gasteiger partial charge in [-0.25, -0.2) is 10.2 Å². The first kappa shape index (κ1) is 13.7. The normalized spacial score (nSPS) is 11.0. The Morgan fingerprint density at radius 1 is 1.48 bits per heavy atom. The van der Waals surface area contributed by atoms with Crippen LogP contribution in [-0.2, 0) is 6.54 Å². The predicted molar refractivity (Wildman–Crippen MR) is 79.5 cm³/mol. The second-order valence-electron chi connectivity index (χ2n) is 4.65. The molecule has 3 rings (SSSR count). The van der Waals surface area contributed by atoms with Crippen LogP contribution in [0.5, 0.6) is 0 Å². The van der Waals surface area contributed by atoms with Gasteiger partial charge >= 0.3 is 0 Å². The zero-order chi connectivity index (χ0) is 15.0. The summed E-state index contributed by atoms with van der Waals surface area (Å²) in [6.07, 6.45) is 1.80. The van der Waals surface area contributed by atoms with E-state index < -0.39 is 5.91 Å². The Balaban J connectivity index is 2.19. The lowest BCUT2D eigenvalue weighted by molar-refractivity contribution is 0.0957. The van der Waals surface area contributed by atoms with E-state index in [9.17, 15) is 9.18 Å². The summed E-state index contributed by atoms with van der Waals surface area (Å²) in [5.41, 5.74) is 3.57. The number of nitrogen functional groups attached to an aromatic ring is 1. The van der Waals surface area contributed by atoms with Gasteiger partial charge in [-0.15, -0.1) is 11.3 Å². The van der Waals surface area contributed by atoms with Gasteiger partial charge in [0.25, 0.3) is 5.91 Å². The van der Waals surface area contributed by atoms with Crippen LogP contribution in [0, 0.1) is 12.7 Å². The van der Waals surface area contributed by atoms with E-state index in [0.29, 0.717) is 27.1 Å². The molecule has 0 unspecified atom stereocenters. The predicted octanol–water partition coefficient (Wildman–Crippen LogP) is 2.20. The van der Waals surface area contributed by atoms with Crippen molar-refractivity contribution in [1.29, 1.82) is 0 Å². The molecule has 5 nitrogen and oxygen atoms in total. The maximum absolute atomic E-state index is 14.1. The smallest absolute Gasteiger partial charge is 0.275 e. The monoisotopic (exact) mass is 304 g/mol. The molecule has 2 aromatic heterocycles. The Hall–Kier alpha value is -2.25. The quantitative estimate of drug-likeness (QED) is 0.442. The molecule has 0 saturated carbocycles. The third kappa shape index (κ3) is 2.41. The van der Waals surface area contributed by atoms with Crippen molar-refractivity contribution in [3.05, 3.63) is 52.4 Å². The summed E-state index contributed by atoms with van der Waals surface area (Å²) in [6.45, 7) is 2.19. The van der Waals surface area contributed by atoms with Crippen molar-refractivity contribution in [3.8, 4) is 0 Å². The number of thiophene rings is 1. The van der Waals surface area contributed by atoms with Gasteiger partial charge in [-0.1, -0.05) is 6.07 Å². The van der Waals surface area contributed by atoms with Crippen LogP contribution in [0.3, 0.4) is 0 Å². The Morgan fingerprint density at radius 2 is 2.29 bits per heavy atom. The number of aryl methyl sites for hydroxylation is 1. The van der Waals surface area contributed by atoms with Gasteiger partial charge in [-0.05, 0) is 25.1 Å². The highest BCUT2D eigenvalue weighted by atomic mass is 32.1. The van der Waals surface area contributed by atoms with E-state index in [1.807, 2.05) is 13.0 Å². The number of carbonyl (C=O) groups is 1. The van der Waals surface area contributed by atoms with Crippen LogP contribution >= 0.6 is 11.3 Å². The van der Waals surface area contributed by atoms with Crippen LogP contribution in [0.4, 0.5) is 4.39 Å². The second kappa shape index (κ2) is 5.27. The van der Waals surface area contributed by atoms with Crippen LogP contribution in [0.1, 0.15) is 20.9 Å². The summed E-state index contributed by atoms with van der Waals surface area (Å²) in [7, 11) is 0. The summed E-state index contributed by atoms with van der Waals surface area (Å²) in [4.78, 5) is 12.3. The minimum Gasteiger partial charge on any atom is -0.289 e. The second-order valence-corrected chi connectivity index (χ2v) is 5.70. The molecule has 2 heterocycles. The average molecular weight is 304 g/mol. The van der Waals surface area contributed by atoms with Gasteiger partial charge in [0.1, 0.15) is 5.82 Å². The fourth-order valence-electron chi connectivity index (χ4n) is 2.28. The Kier molecular flexibility index (Phi) is 3.44. The molecule has 7 heteroatoms. The number of aromatic nitrogens is 2. The molecule has 0 aliphatic carbocycles. The standard InChI is InChI=1S/C14H13FN4OS/c1-8-5-6-19(18-8)7-9-12-10(15)3-2-4-11(12)21-13(9)14(20)17-16/h2-6H,7,16H2,1H3,(H,17,20). The Labute approximate surface area is 124 Å². The highest BCUT2D eigenvalue weighted by molar-refractivity contribution is 7.21. The number of rotatable bonds is 3. The van der Waals surface area contributed by atoms with Crippen molar-refractivity contribution in [1.82, 2.24) is 15.2 Å². The van der Waals surface area contributed by atoms with Crippen molar-refractivity contribution in [2.75, 3.05) is 0 Å². The van der Waals surface area contributed by atoms with E-state index in [1.165, 1.54) is 17.4 Å². The third-order valence-electron chi connectivity index (χ3n) is 3.19. The fraction of sp³-hybridized carbons (Fsp3) is 0.143. The van der Waals surface area contributed by atoms with Gasteiger partial charge in [0.2, 0.25) is 0 Å². The molecule has 0 spiro atoms. The van der Waals surface area contributed by atoms with Crippen molar-refractivity contribution >= 4 is 27.3 Å². The first-order chi connectivity index (χ1) is 10.1. The Morgan fingerprint density at radius 3 is 2.95 bits per heavy atom. The SMILES string of the molecule is Cc1ccn(Cc2c(C(=O)NN)sc3cccc(F)c23)n1. The summed E-state index contributed by atoms with van der Waals surface area (Å²) in [5.74, 6) is 4.45. The molecular formula is C14H13FN4OS. The van der Waals surface area contributed by atoms with Crippen LogP contribution in [-0.4, -0.2) is 15.7 Å². The van der Waals surface area contributed by atoms with Crippen molar-refractivity contribution < 1.29 is 9.18 Å². The summed E-state index contributed by atoms with van der Waals surface area (Å²) < 4.78 is 16.5. The van der Waals surface area contributed by atoms with Gasteiger partial charge in [0.05, 0.1) is 17.1 Å². The number of hydrogen-bond donors (Lipinski definition) is 2. The average Bonchev–Trinajstić information content (AvgIpc) is 3.03. The number of hydrogen-bond acceptors (Lipinski definition) is 4. The van der Waals surface area contributed by atoms with E-state index in [2.05, 4.69) is 10.5 Å². The highest BCUT2D eigenvalue weighted by Crippen LogP contribution is 2.33. The van der Waals surface area contributed by atoms with Crippen molar-refractivity contribution in [2.24, 2.45) is 5.84 Å². The van der Waals surface area contributed by atoms with Gasteiger partial charge in [-0.3, -0.25) is 14.9 Å². The van der Waals surface area contributed by atoms with Crippen LogP contribution in [0.25, 0.3) is 10.1 Å². The van der Waals surface area contributed by atoms with Crippen molar-refractivity contribution in [3.63, 3.8) is 0 Å². The lowest BCUT2D eigenvalue weighted by Crippen LogP contribution is -2.30. The molecule has 21 heavy (non-hydrogen) atoms. The van der Waals surface area contributed by atoms with E-state index in [1.54, 1.807) is 23.0 Å². The molecule has 0 atom stereocenters. The van der Waals surface area contributed by atoms with Gasteiger partial charge in [0.15, 0.2) is 0 Å². The number of nitrogens with zero attached hydrogens (tertiary/aromatic N) is 2. The zero-order valence-corrected chi connectivity index (χ0v) is 12.1. The van der Waals surface area contributed by atoms with Crippen molar-refractivity contribution in [2.45, 2.75) is 13.5 Å². The number of hydrazine groups is 1. The minimum atomic E-state index is -0.422. The van der Waals surface area contributed by atoms with E-state index in [4.69, 9.17) is 5.84 Å². The first-order valence-corrected chi connectivity index (χ1v) is 7.12. The van der Waals surface area contributed by atoms with Crippen LogP contribution < -0.4 is 11.3 Å². The molecule has 0 bridgehead atoms. The van der Waals surface area contributed by atoms with Crippen LogP contribution in [0.2, 0.25) is 0 Å². The zero-order valence-electron chi connectivity index (χ0n) is 11.3. The molecule has 3 aromatic rings. The van der Waals surface area contributed by atoms with Gasteiger partial charge in [-0.2, -0.15) is 5.10 Å². The summed E-state index contributed by atoms with van der Waals surface area (Å²) in [6, 6.07) is 6.65. The Bertz CT molecular complexity index is 824. The number of halogens is 1. The molecule has 1 aromatic carbocycles. The number of carbonyl (C=O) groups excluding carboxylic acids is 1. The van der Waals surface area contributed by atoms with Gasteiger partial charge in [0, 0.05) is 21.8 Å². The molecule has 0 aliphatic heterocycles. The molecule has 0 aliphatic rings. The summed E-state index contributed by atoms with van der Waals surface area (Å²) in [5, 5.41) is 4.74. The fourth-order valence-corrected chi connectivity index (χ4v) is 3.41. The van der Waals surface area contributed by atoms with Gasteiger partial charge < -0.3 is 0 Å². The maximum Gasteiger partial charge on any atom is 0.275 e. The number of nitrogens with two attached hydrogens (primary N) is 1. The number of benzene rings is 1. The minimum absolute atomic E-state index is 0.317. The number of fused-ring (bicyclic) bond motifs is 1.